The molecule has 5 unspecified atom stereocenters. The second-order valence-electron chi connectivity index (χ2n) is 18.5. The third-order valence-electron chi connectivity index (χ3n) is 15.1. The minimum Gasteiger partial charge on any atom is -0.455 e. The molecule has 63 heavy (non-hydrogen) atoms. The Morgan fingerprint density at radius 3 is 2.11 bits per heavy atom. The standard InChI is InChI=1S/C61H49NO/c1-38-26-33-45(47-17-6-5-16-44(38)47)41-29-34-56-54(36-41)55-37-42(46-23-13-24-53-48-18-11-12-25-58(48)63-61(46)53)30-35-57(55)62(56)43-31-27-40(28-32-43)60-51-21-9-7-19-49(51)59(39-14-3-2-4-15-39)50-20-8-10-22-52(50)60/h2-4,7-15,18-25,27-38,49,51,55,57H,5-6,16-17,26H2,1H3. The molecule has 6 aliphatic rings. The van der Waals surface area contributed by atoms with Crippen molar-refractivity contribution in [2.75, 3.05) is 4.90 Å². The van der Waals surface area contributed by atoms with E-state index in [1.165, 1.54) is 103 Å². The van der Waals surface area contributed by atoms with Crippen LogP contribution >= 0.6 is 0 Å². The number of hydrogen-bond acceptors (Lipinski definition) is 2. The Labute approximate surface area is 369 Å². The van der Waals surface area contributed by atoms with E-state index < -0.39 is 0 Å². The summed E-state index contributed by atoms with van der Waals surface area (Å²) < 4.78 is 6.60. The first-order chi connectivity index (χ1) is 31.2. The number of anilines is 2. The average Bonchev–Trinajstić information content (AvgIpc) is 3.89. The number of fused-ring (bicyclic) bond motifs is 8. The fourth-order valence-electron chi connectivity index (χ4n) is 12.2. The predicted molar refractivity (Wildman–Crippen MR) is 262 cm³/mol. The summed E-state index contributed by atoms with van der Waals surface area (Å²) in [5.41, 5.74) is 19.8. The first kappa shape index (κ1) is 36.7. The number of benzene rings is 6. The molecule has 2 heterocycles. The van der Waals surface area contributed by atoms with Crippen LogP contribution in [0.2, 0.25) is 0 Å². The molecule has 1 aromatic heterocycles. The van der Waals surface area contributed by atoms with Crippen LogP contribution in [0.5, 0.6) is 0 Å². The van der Waals surface area contributed by atoms with Gasteiger partial charge in [0.25, 0.3) is 0 Å². The fraction of sp³-hybridized carbons (Fsp3) is 0.180. The van der Waals surface area contributed by atoms with Gasteiger partial charge < -0.3 is 9.32 Å². The van der Waals surface area contributed by atoms with Crippen molar-refractivity contribution in [3.63, 3.8) is 0 Å². The molecule has 304 valence electrons. The molecule has 0 saturated carbocycles. The van der Waals surface area contributed by atoms with E-state index in [0.29, 0.717) is 5.92 Å². The Hall–Kier alpha value is -6.90. The molecule has 7 aromatic rings. The molecule has 0 radical (unpaired) electrons. The second kappa shape index (κ2) is 14.6. The Kier molecular flexibility index (Phi) is 8.51. The van der Waals surface area contributed by atoms with Gasteiger partial charge >= 0.3 is 0 Å². The van der Waals surface area contributed by atoms with Gasteiger partial charge in [-0.1, -0.05) is 170 Å². The van der Waals surface area contributed by atoms with Crippen LogP contribution in [-0.2, 0) is 0 Å². The highest BCUT2D eigenvalue weighted by Gasteiger charge is 2.40. The van der Waals surface area contributed by atoms with Crippen LogP contribution in [0.15, 0.2) is 204 Å². The van der Waals surface area contributed by atoms with Crippen molar-refractivity contribution < 1.29 is 4.42 Å². The number of rotatable bonds is 5. The van der Waals surface area contributed by atoms with E-state index >= 15 is 0 Å². The minimum absolute atomic E-state index is 0.145. The summed E-state index contributed by atoms with van der Waals surface area (Å²) in [6, 6.07) is 52.2. The highest BCUT2D eigenvalue weighted by atomic mass is 16.3. The maximum Gasteiger partial charge on any atom is 0.143 e. The summed E-state index contributed by atoms with van der Waals surface area (Å²) >= 11 is 0. The summed E-state index contributed by atoms with van der Waals surface area (Å²) in [7, 11) is 0. The monoisotopic (exact) mass is 811 g/mol. The van der Waals surface area contributed by atoms with Gasteiger partial charge in [0.1, 0.15) is 11.2 Å². The zero-order valence-corrected chi connectivity index (χ0v) is 35.7. The first-order valence-corrected chi connectivity index (χ1v) is 23.2. The minimum atomic E-state index is 0.145. The topological polar surface area (TPSA) is 16.4 Å². The second-order valence-corrected chi connectivity index (χ2v) is 18.5. The molecule has 2 heteroatoms. The first-order valence-electron chi connectivity index (χ1n) is 23.2. The van der Waals surface area contributed by atoms with Crippen LogP contribution in [-0.4, -0.2) is 6.04 Å². The summed E-state index contributed by atoms with van der Waals surface area (Å²) in [4.78, 5) is 2.61. The molecule has 5 aliphatic carbocycles. The van der Waals surface area contributed by atoms with E-state index in [2.05, 4.69) is 200 Å². The molecule has 0 amide bonds. The van der Waals surface area contributed by atoms with Crippen molar-refractivity contribution in [1.29, 1.82) is 0 Å². The van der Waals surface area contributed by atoms with Crippen molar-refractivity contribution in [3.8, 4) is 0 Å². The molecule has 0 N–H and O–H groups in total. The highest BCUT2D eigenvalue weighted by Crippen LogP contribution is 2.52. The molecule has 13 rings (SSSR count). The van der Waals surface area contributed by atoms with Crippen molar-refractivity contribution in [2.24, 2.45) is 17.8 Å². The van der Waals surface area contributed by atoms with Crippen molar-refractivity contribution in [1.82, 2.24) is 0 Å². The normalized spacial score (nSPS) is 23.3. The summed E-state index contributed by atoms with van der Waals surface area (Å²) in [5.74, 6) is 1.34. The maximum absolute atomic E-state index is 6.60. The van der Waals surface area contributed by atoms with Crippen LogP contribution in [0, 0.1) is 17.8 Å². The van der Waals surface area contributed by atoms with E-state index in [1.807, 2.05) is 0 Å². The molecule has 0 fully saturated rings. The van der Waals surface area contributed by atoms with Gasteiger partial charge in [0.15, 0.2) is 0 Å². The molecule has 0 saturated heterocycles. The van der Waals surface area contributed by atoms with E-state index in [9.17, 15) is 0 Å². The van der Waals surface area contributed by atoms with Crippen LogP contribution in [0.3, 0.4) is 0 Å². The van der Waals surface area contributed by atoms with Crippen LogP contribution in [0.1, 0.15) is 72.8 Å². The number of para-hydroxylation sites is 2. The summed E-state index contributed by atoms with van der Waals surface area (Å²) in [6.45, 7) is 2.43. The molecular weight excluding hydrogens is 763 g/mol. The molecule has 2 nitrogen and oxygen atoms in total. The lowest BCUT2D eigenvalue weighted by molar-refractivity contribution is 0.572. The van der Waals surface area contributed by atoms with Crippen molar-refractivity contribution in [3.05, 3.63) is 238 Å². The number of furan rings is 1. The van der Waals surface area contributed by atoms with Crippen molar-refractivity contribution in [2.45, 2.75) is 51.0 Å². The maximum atomic E-state index is 6.60. The Bertz CT molecular complexity index is 3350. The number of hydrogen-bond donors (Lipinski definition) is 0. The van der Waals surface area contributed by atoms with Gasteiger partial charge in [0, 0.05) is 45.5 Å². The van der Waals surface area contributed by atoms with Crippen molar-refractivity contribution >= 4 is 55.6 Å². The van der Waals surface area contributed by atoms with E-state index in [-0.39, 0.29) is 23.8 Å². The molecule has 6 aromatic carbocycles. The van der Waals surface area contributed by atoms with Gasteiger partial charge in [-0.15, -0.1) is 0 Å². The molecule has 0 bridgehead atoms. The number of nitrogens with zero attached hydrogens (tertiary/aromatic N) is 1. The lowest BCUT2D eigenvalue weighted by Crippen LogP contribution is -2.40. The summed E-state index contributed by atoms with van der Waals surface area (Å²) in [5, 5.41) is 5.01. The van der Waals surface area contributed by atoms with Gasteiger partial charge in [-0.25, -0.2) is 0 Å². The Morgan fingerprint density at radius 2 is 1.30 bits per heavy atom. The van der Waals surface area contributed by atoms with E-state index in [0.717, 1.165) is 23.2 Å². The third-order valence-corrected chi connectivity index (χ3v) is 15.1. The largest absolute Gasteiger partial charge is 0.455 e. The average molecular weight is 812 g/mol. The molecule has 5 atom stereocenters. The SMILES string of the molecule is CC1CC=C(c2ccc3c(c2)C2C=C(c4cccc5c4oc4ccccc45)C=CC2N3c2ccc(C3=c4ccccc4=C(c4ccccc4)C4C=CC=CC34)cc2)C2=C1CCCC2. The smallest absolute Gasteiger partial charge is 0.143 e. The van der Waals surface area contributed by atoms with Gasteiger partial charge in [0.05, 0.1) is 6.04 Å². The Balaban J connectivity index is 0.941. The summed E-state index contributed by atoms with van der Waals surface area (Å²) in [6.07, 6.45) is 25.4. The Morgan fingerprint density at radius 1 is 0.603 bits per heavy atom. The van der Waals surface area contributed by atoms with Gasteiger partial charge in [-0.05, 0) is 129 Å². The lowest BCUT2D eigenvalue weighted by atomic mass is 9.70. The van der Waals surface area contributed by atoms with Crippen LogP contribution in [0.4, 0.5) is 11.4 Å². The van der Waals surface area contributed by atoms with Gasteiger partial charge in [-0.2, -0.15) is 0 Å². The van der Waals surface area contributed by atoms with Gasteiger partial charge in [0.2, 0.25) is 0 Å². The highest BCUT2D eigenvalue weighted by molar-refractivity contribution is 6.09. The predicted octanol–water partition coefficient (Wildman–Crippen LogP) is 13.9. The lowest BCUT2D eigenvalue weighted by Gasteiger charge is -2.34. The van der Waals surface area contributed by atoms with Gasteiger partial charge in [-0.3, -0.25) is 0 Å². The third kappa shape index (κ3) is 5.77. The van der Waals surface area contributed by atoms with Crippen LogP contribution in [0.25, 0.3) is 44.2 Å². The quantitative estimate of drug-likeness (QED) is 0.172. The van der Waals surface area contributed by atoms with E-state index in [1.54, 1.807) is 11.1 Å². The van der Waals surface area contributed by atoms with Crippen LogP contribution < -0.4 is 15.3 Å². The zero-order chi connectivity index (χ0) is 41.6. The molecule has 1 aliphatic heterocycles. The zero-order valence-electron chi connectivity index (χ0n) is 35.7. The molecule has 0 spiro atoms. The molecular formula is C61H49NO. The van der Waals surface area contributed by atoms with E-state index in [4.69, 9.17) is 4.42 Å². The number of allylic oxidation sites excluding steroid dienone is 10. The fourth-order valence-corrected chi connectivity index (χ4v) is 12.2.